The molecule has 64 heavy (non-hydrogen) atoms. The van der Waals surface area contributed by atoms with Crippen LogP contribution in [0.15, 0.2) is 113 Å². The van der Waals surface area contributed by atoms with E-state index in [1.165, 1.54) is 63.3 Å². The Balaban J connectivity index is 0.000000533. The maximum absolute atomic E-state index is 13.7. The number of benzene rings is 3. The minimum atomic E-state index is -3.85. The third kappa shape index (κ3) is 11.1. The number of rotatable bonds is 12. The van der Waals surface area contributed by atoms with E-state index in [0.717, 1.165) is 21.5 Å². The lowest BCUT2D eigenvalue weighted by atomic mass is 10.1. The average Bonchev–Trinajstić information content (AvgIpc) is 3.37. The van der Waals surface area contributed by atoms with E-state index < -0.39 is 65.7 Å². The summed E-state index contributed by atoms with van der Waals surface area (Å²) in [6.07, 6.45) is 3.75. The van der Waals surface area contributed by atoms with Gasteiger partial charge in [0.1, 0.15) is 18.0 Å². The molecular weight excluding hydrogens is 866 g/mol. The van der Waals surface area contributed by atoms with Crippen molar-refractivity contribution in [2.45, 2.75) is 121 Å². The van der Waals surface area contributed by atoms with E-state index in [1.807, 2.05) is 94.5 Å². The lowest BCUT2D eigenvalue weighted by molar-refractivity contribution is -0.228. The van der Waals surface area contributed by atoms with Crippen LogP contribution in [0.2, 0.25) is 23.2 Å². The summed E-state index contributed by atoms with van der Waals surface area (Å²) < 4.78 is 39.5. The van der Waals surface area contributed by atoms with Crippen molar-refractivity contribution in [1.82, 2.24) is 14.5 Å². The van der Waals surface area contributed by atoms with Gasteiger partial charge in [-0.3, -0.25) is 23.4 Å². The molecule has 14 nitrogen and oxygen atoms in total. The van der Waals surface area contributed by atoms with Gasteiger partial charge < -0.3 is 33.8 Å². The quantitative estimate of drug-likeness (QED) is 0.0751. The minimum absolute atomic E-state index is 0.0427. The number of carbonyl (C=O) groups excluding carboxylic acids is 1. The molecule has 3 N–H and O–H groups in total. The number of fused-ring (bicyclic) bond motifs is 1. The van der Waals surface area contributed by atoms with Crippen LogP contribution < -0.4 is 21.4 Å². The van der Waals surface area contributed by atoms with Crippen LogP contribution in [0, 0.1) is 0 Å². The van der Waals surface area contributed by atoms with Crippen LogP contribution in [-0.2, 0) is 22.7 Å². The molecule has 2 fully saturated rings. The second kappa shape index (κ2) is 20.6. The Bertz CT molecular complexity index is 2250. The third-order valence-corrected chi connectivity index (χ3v) is 22.7. The van der Waals surface area contributed by atoms with Crippen LogP contribution in [0.5, 0.6) is 0 Å². The fourth-order valence-electron chi connectivity index (χ4n) is 8.38. The van der Waals surface area contributed by atoms with Gasteiger partial charge in [0.15, 0.2) is 14.5 Å². The fraction of sp³-hybridized carbons (Fsp3) is 0.489. The zero-order chi connectivity index (χ0) is 46.3. The summed E-state index contributed by atoms with van der Waals surface area (Å²) >= 11 is 0. The molecule has 0 spiro atoms. The van der Waals surface area contributed by atoms with E-state index in [2.05, 4.69) is 41.0 Å². The van der Waals surface area contributed by atoms with Crippen molar-refractivity contribution in [1.29, 1.82) is 0 Å². The van der Waals surface area contributed by atoms with Crippen molar-refractivity contribution in [2.75, 3.05) is 31.6 Å². The van der Waals surface area contributed by atoms with Gasteiger partial charge in [0.2, 0.25) is 5.79 Å². The molecule has 0 bridgehead atoms. The van der Waals surface area contributed by atoms with E-state index in [-0.39, 0.29) is 17.5 Å². The maximum Gasteiger partial charge on any atom is 0.351 e. The largest absolute Gasteiger partial charge is 0.406 e. The van der Waals surface area contributed by atoms with Gasteiger partial charge in [0.25, 0.3) is 14.2 Å². The predicted molar refractivity (Wildman–Crippen MR) is 257 cm³/mol. The Morgan fingerprint density at radius 2 is 1.47 bits per heavy atom. The van der Waals surface area contributed by atoms with Crippen molar-refractivity contribution in [3.05, 3.63) is 119 Å². The SMILES string of the molecule is C1CCC2=NCCCN2CC1.CC(C)(C)[Si](C)(C)O[C@@H]1[C@@H](CO[Si](c2ccccc2)(c2ccccc2)C(C)(C)C)O[C@@H](n2ccc(NC(=O)c3ccccc3)nc2=O)[C@@]1(O)O[PH](=O)O. The van der Waals surface area contributed by atoms with Crippen LogP contribution in [0.1, 0.15) is 90.2 Å². The highest BCUT2D eigenvalue weighted by atomic mass is 31.1. The second-order valence-corrected chi connectivity index (χ2v) is 29.0. The van der Waals surface area contributed by atoms with E-state index in [9.17, 15) is 24.2 Å². The third-order valence-electron chi connectivity index (χ3n) is 12.7. The first kappa shape index (κ1) is 49.3. The summed E-state index contributed by atoms with van der Waals surface area (Å²) in [5.41, 5.74) is -0.553. The molecule has 0 aliphatic carbocycles. The van der Waals surface area contributed by atoms with E-state index in [1.54, 1.807) is 30.3 Å². The van der Waals surface area contributed by atoms with E-state index in [0.29, 0.717) is 5.56 Å². The zero-order valence-corrected chi connectivity index (χ0v) is 41.5. The summed E-state index contributed by atoms with van der Waals surface area (Å²) in [7, 11) is -9.79. The van der Waals surface area contributed by atoms with E-state index >= 15 is 0 Å². The molecule has 0 radical (unpaired) electrons. The van der Waals surface area contributed by atoms with Gasteiger partial charge in [-0.2, -0.15) is 4.98 Å². The molecular formula is C47H66N5O9PSi2. The van der Waals surface area contributed by atoms with Gasteiger partial charge in [-0.15, -0.1) is 0 Å². The Labute approximate surface area is 380 Å². The molecule has 346 valence electrons. The summed E-state index contributed by atoms with van der Waals surface area (Å²) in [4.78, 5) is 47.7. The number of aliphatic imine (C=N–C) groups is 1. The first-order chi connectivity index (χ1) is 30.3. The molecule has 3 aromatic carbocycles. The summed E-state index contributed by atoms with van der Waals surface area (Å²) in [5, 5.41) is 16.3. The number of ether oxygens (including phenoxy) is 1. The Morgan fingerprint density at radius 1 is 0.875 bits per heavy atom. The topological polar surface area (TPSA) is 174 Å². The molecule has 4 aromatic rings. The number of hydrogen-bond acceptors (Lipinski definition) is 11. The number of aliphatic hydroxyl groups is 1. The summed E-state index contributed by atoms with van der Waals surface area (Å²) in [6, 6.07) is 29.8. The Morgan fingerprint density at radius 3 is 2.03 bits per heavy atom. The Kier molecular flexibility index (Phi) is 15.9. The van der Waals surface area contributed by atoms with Crippen molar-refractivity contribution >= 4 is 52.8 Å². The molecule has 3 aliphatic heterocycles. The number of anilines is 1. The van der Waals surface area contributed by atoms with Gasteiger partial charge in [-0.05, 0) is 71.0 Å². The molecule has 17 heteroatoms. The van der Waals surface area contributed by atoms with Crippen LogP contribution in [-0.4, -0.2) is 97.1 Å². The van der Waals surface area contributed by atoms with Crippen LogP contribution >= 0.6 is 8.25 Å². The summed E-state index contributed by atoms with van der Waals surface area (Å²) in [6.45, 7) is 19.9. The number of hydrogen-bond donors (Lipinski definition) is 3. The first-order valence-corrected chi connectivity index (χ1v) is 28.3. The van der Waals surface area contributed by atoms with Gasteiger partial charge in [0.05, 0.1) is 12.4 Å². The number of nitrogens with one attached hydrogen (secondary N) is 1. The highest BCUT2D eigenvalue weighted by Crippen LogP contribution is 2.49. The molecule has 7 rings (SSSR count). The second-order valence-electron chi connectivity index (χ2n) is 19.2. The number of amides is 1. The molecule has 4 heterocycles. The van der Waals surface area contributed by atoms with E-state index in [4.69, 9.17) is 18.1 Å². The molecule has 2 saturated heterocycles. The minimum Gasteiger partial charge on any atom is -0.406 e. The molecule has 1 unspecified atom stereocenters. The van der Waals surface area contributed by atoms with Crippen LogP contribution in [0.3, 0.4) is 0 Å². The smallest absolute Gasteiger partial charge is 0.351 e. The number of aromatic nitrogens is 2. The standard InChI is InChI=1S/C38H50N3O9PSi2.C9H16N2/c1-36(2,3)52(7,8)49-32-30(26-47-53(37(4,5)6,28-20-14-10-15-21-28)29-22-16-11-17-23-29)48-34(38(32,44)50-51(45)46)41-25-24-31(40-35(41)43)39-33(42)27-18-12-9-13-19-27;1-2-5-9-10-6-4-8-11(9)7-3-1/h9-25,30,32,34,44,51H,26H2,1-8H3,(H,45,46)(H,39,40,42,43);1-8H2/t30-,32-,34-,38+;/m1./s1. The maximum atomic E-state index is 13.7. The highest BCUT2D eigenvalue weighted by Gasteiger charge is 2.63. The number of nitrogens with zero attached hydrogens (tertiary/aromatic N) is 4. The lowest BCUT2D eigenvalue weighted by Crippen LogP contribution is -2.67. The zero-order valence-electron chi connectivity index (χ0n) is 38.5. The van der Waals surface area contributed by atoms with Crippen molar-refractivity contribution < 1.29 is 37.5 Å². The van der Waals surface area contributed by atoms with Crippen LogP contribution in [0.4, 0.5) is 5.82 Å². The summed E-state index contributed by atoms with van der Waals surface area (Å²) in [5.74, 6) is -1.76. The monoisotopic (exact) mass is 931 g/mol. The molecule has 3 aliphatic rings. The van der Waals surface area contributed by atoms with Crippen LogP contribution in [0.25, 0.3) is 0 Å². The average molecular weight is 932 g/mol. The fourth-order valence-corrected chi connectivity index (χ4v) is 14.8. The molecule has 1 aromatic heterocycles. The van der Waals surface area contributed by atoms with Gasteiger partial charge in [0, 0.05) is 37.8 Å². The van der Waals surface area contributed by atoms with Crippen molar-refractivity contribution in [3.63, 3.8) is 0 Å². The van der Waals surface area contributed by atoms with Crippen molar-refractivity contribution in [3.8, 4) is 0 Å². The number of amidine groups is 1. The highest BCUT2D eigenvalue weighted by molar-refractivity contribution is 7.32. The lowest BCUT2D eigenvalue weighted by Gasteiger charge is -2.45. The predicted octanol–water partition coefficient (Wildman–Crippen LogP) is 7.11. The number of carbonyl (C=O) groups is 1. The molecule has 0 saturated carbocycles. The van der Waals surface area contributed by atoms with Gasteiger partial charge in [-0.1, -0.05) is 127 Å². The first-order valence-electron chi connectivity index (χ1n) is 22.2. The van der Waals surface area contributed by atoms with Crippen molar-refractivity contribution in [2.24, 2.45) is 4.99 Å². The normalized spacial score (nSPS) is 22.3. The van der Waals surface area contributed by atoms with Gasteiger partial charge >= 0.3 is 13.9 Å². The Hall–Kier alpha value is -4.10. The molecule has 5 atom stereocenters. The van der Waals surface area contributed by atoms with Gasteiger partial charge in [-0.25, -0.2) is 4.79 Å². The molecule has 1 amide bonds.